The Morgan fingerprint density at radius 2 is 1.84 bits per heavy atom. The third kappa shape index (κ3) is 2.70. The molecule has 25 heavy (non-hydrogen) atoms. The van der Waals surface area contributed by atoms with Crippen molar-refractivity contribution in [1.29, 1.82) is 0 Å². The van der Waals surface area contributed by atoms with Gasteiger partial charge in [-0.2, -0.15) is 13.2 Å². The summed E-state index contributed by atoms with van der Waals surface area (Å²) in [6, 6.07) is 10.5. The molecule has 1 aliphatic rings. The van der Waals surface area contributed by atoms with E-state index in [1.807, 2.05) is 0 Å². The molecule has 0 N–H and O–H groups in total. The van der Waals surface area contributed by atoms with Crippen LogP contribution in [-0.4, -0.2) is 20.5 Å². The van der Waals surface area contributed by atoms with Crippen molar-refractivity contribution in [2.75, 3.05) is 0 Å². The molecule has 0 saturated carbocycles. The smallest absolute Gasteiger partial charge is 0.283 e. The first kappa shape index (κ1) is 15.8. The fraction of sp³-hybridized carbons (Fsp3) is 0.118. The van der Waals surface area contributed by atoms with Crippen LogP contribution in [-0.2, 0) is 12.7 Å². The molecule has 2 aromatic carbocycles. The van der Waals surface area contributed by atoms with Crippen LogP contribution in [0.4, 0.5) is 13.2 Å². The normalized spacial score (nSPS) is 13.7. The number of nitrogens with zero attached hydrogens (tertiary/aromatic N) is 4. The van der Waals surface area contributed by atoms with Crippen molar-refractivity contribution >= 4 is 17.3 Å². The first-order valence-electron chi connectivity index (χ1n) is 7.35. The van der Waals surface area contributed by atoms with Gasteiger partial charge in [-0.05, 0) is 24.3 Å². The number of aromatic nitrogens is 3. The molecular formula is C17H10ClF3N4. The molecule has 0 atom stereocenters. The van der Waals surface area contributed by atoms with E-state index in [9.17, 15) is 13.2 Å². The maximum Gasteiger partial charge on any atom is 0.416 e. The number of aliphatic imine (C=N–C) groups is 1. The van der Waals surface area contributed by atoms with Crippen LogP contribution >= 0.6 is 11.6 Å². The van der Waals surface area contributed by atoms with Gasteiger partial charge in [0.25, 0.3) is 0 Å². The highest BCUT2D eigenvalue weighted by Crippen LogP contribution is 2.34. The van der Waals surface area contributed by atoms with Gasteiger partial charge in [0.15, 0.2) is 5.82 Å². The minimum absolute atomic E-state index is 0.191. The van der Waals surface area contributed by atoms with Crippen LogP contribution in [0.5, 0.6) is 0 Å². The van der Waals surface area contributed by atoms with Crippen molar-refractivity contribution in [2.45, 2.75) is 12.7 Å². The van der Waals surface area contributed by atoms with Gasteiger partial charge in [-0.15, -0.1) is 10.2 Å². The lowest BCUT2D eigenvalue weighted by Crippen LogP contribution is -2.12. The number of rotatable bonds is 1. The number of fused-ring (bicyclic) bond motifs is 3. The summed E-state index contributed by atoms with van der Waals surface area (Å²) in [6.07, 6.45) is -2.99. The Hall–Kier alpha value is -2.67. The molecule has 3 aromatic rings. The van der Waals surface area contributed by atoms with Crippen LogP contribution < -0.4 is 0 Å². The lowest BCUT2D eigenvalue weighted by atomic mass is 9.98. The second-order valence-corrected chi connectivity index (χ2v) is 5.90. The summed E-state index contributed by atoms with van der Waals surface area (Å²) in [5.41, 5.74) is 1.09. The van der Waals surface area contributed by atoms with Gasteiger partial charge in [-0.1, -0.05) is 29.8 Å². The summed E-state index contributed by atoms with van der Waals surface area (Å²) in [5, 5.41) is 8.23. The third-order valence-corrected chi connectivity index (χ3v) is 4.29. The molecule has 0 bridgehead atoms. The van der Waals surface area contributed by atoms with E-state index in [-0.39, 0.29) is 6.54 Å². The molecule has 0 amide bonds. The van der Waals surface area contributed by atoms with Gasteiger partial charge in [0.1, 0.15) is 12.9 Å². The predicted molar refractivity (Wildman–Crippen MR) is 87.2 cm³/mol. The van der Waals surface area contributed by atoms with E-state index in [0.717, 1.165) is 12.1 Å². The summed E-state index contributed by atoms with van der Waals surface area (Å²) >= 11 is 6.25. The summed E-state index contributed by atoms with van der Waals surface area (Å²) in [5.74, 6) is 0.545. The van der Waals surface area contributed by atoms with E-state index >= 15 is 0 Å². The number of hydrogen-bond acceptors (Lipinski definition) is 3. The van der Waals surface area contributed by atoms with Crippen LogP contribution in [0.3, 0.4) is 0 Å². The highest BCUT2D eigenvalue weighted by molar-refractivity contribution is 6.35. The molecule has 8 heteroatoms. The van der Waals surface area contributed by atoms with Crippen LogP contribution in [0.15, 0.2) is 53.8 Å². The minimum Gasteiger partial charge on any atom is -0.283 e. The van der Waals surface area contributed by atoms with Crippen LogP contribution in [0.1, 0.15) is 22.5 Å². The fourth-order valence-electron chi connectivity index (χ4n) is 2.80. The molecule has 0 aliphatic carbocycles. The van der Waals surface area contributed by atoms with E-state index in [1.54, 1.807) is 28.8 Å². The zero-order valence-corrected chi connectivity index (χ0v) is 13.4. The van der Waals surface area contributed by atoms with E-state index in [4.69, 9.17) is 11.6 Å². The molecule has 0 spiro atoms. The maximum absolute atomic E-state index is 13.2. The lowest BCUT2D eigenvalue weighted by Gasteiger charge is -2.15. The Labute approximate surface area is 145 Å². The van der Waals surface area contributed by atoms with E-state index in [1.165, 1.54) is 12.4 Å². The Morgan fingerprint density at radius 3 is 2.60 bits per heavy atom. The molecule has 0 fully saturated rings. The summed E-state index contributed by atoms with van der Waals surface area (Å²) in [4.78, 5) is 4.47. The third-order valence-electron chi connectivity index (χ3n) is 3.96. The monoisotopic (exact) mass is 362 g/mol. The van der Waals surface area contributed by atoms with Gasteiger partial charge in [0, 0.05) is 16.1 Å². The number of alkyl halides is 3. The number of benzene rings is 2. The lowest BCUT2D eigenvalue weighted by molar-refractivity contribution is -0.137. The first-order valence-corrected chi connectivity index (χ1v) is 7.73. The molecular weight excluding hydrogens is 353 g/mol. The topological polar surface area (TPSA) is 43.1 Å². The van der Waals surface area contributed by atoms with Gasteiger partial charge < -0.3 is 0 Å². The van der Waals surface area contributed by atoms with E-state index < -0.39 is 11.7 Å². The zero-order valence-electron chi connectivity index (χ0n) is 12.6. The van der Waals surface area contributed by atoms with Crippen molar-refractivity contribution in [3.05, 3.63) is 76.3 Å². The predicted octanol–water partition coefficient (Wildman–Crippen LogP) is 4.29. The van der Waals surface area contributed by atoms with Crippen molar-refractivity contribution in [3.63, 3.8) is 0 Å². The SMILES string of the molecule is FC(F)(F)c1ccc2c(c1)C(c1ccccc1Cl)=NCc1nncn1-2. The molecule has 2 heterocycles. The molecule has 126 valence electrons. The zero-order chi connectivity index (χ0) is 17.6. The Kier molecular flexibility index (Phi) is 3.61. The second-order valence-electron chi connectivity index (χ2n) is 5.49. The maximum atomic E-state index is 13.2. The van der Waals surface area contributed by atoms with Gasteiger partial charge in [0.2, 0.25) is 0 Å². The van der Waals surface area contributed by atoms with Gasteiger partial charge in [-0.25, -0.2) is 0 Å². The number of hydrogen-bond donors (Lipinski definition) is 0. The summed E-state index contributed by atoms with van der Waals surface area (Å²) in [7, 11) is 0. The van der Waals surface area contributed by atoms with Crippen molar-refractivity contribution < 1.29 is 13.2 Å². The second kappa shape index (κ2) is 5.70. The molecule has 4 nitrogen and oxygen atoms in total. The summed E-state index contributed by atoms with van der Waals surface area (Å²) in [6.45, 7) is 0.191. The molecule has 4 rings (SSSR count). The van der Waals surface area contributed by atoms with Crippen molar-refractivity contribution in [2.24, 2.45) is 4.99 Å². The first-order chi connectivity index (χ1) is 11.9. The van der Waals surface area contributed by atoms with Gasteiger partial charge >= 0.3 is 6.18 Å². The van der Waals surface area contributed by atoms with Crippen LogP contribution in [0.25, 0.3) is 5.69 Å². The number of halogens is 4. The standard InChI is InChI=1S/C17H10ClF3N4/c18-13-4-2-1-3-11(13)16-12-7-10(17(19,20)21)5-6-14(12)25-9-23-24-15(25)8-22-16/h1-7,9H,8H2. The average molecular weight is 363 g/mol. The molecule has 0 unspecified atom stereocenters. The molecule has 1 aromatic heterocycles. The average Bonchev–Trinajstić information content (AvgIpc) is 2.98. The summed E-state index contributed by atoms with van der Waals surface area (Å²) < 4.78 is 41.3. The van der Waals surface area contributed by atoms with E-state index in [2.05, 4.69) is 15.2 Å². The minimum atomic E-state index is -4.46. The van der Waals surface area contributed by atoms with Gasteiger partial charge in [0.05, 0.1) is 17.0 Å². The Morgan fingerprint density at radius 1 is 1.04 bits per heavy atom. The molecule has 0 radical (unpaired) electrons. The molecule has 1 aliphatic heterocycles. The highest BCUT2D eigenvalue weighted by Gasteiger charge is 2.32. The Balaban J connectivity index is 2.00. The fourth-order valence-corrected chi connectivity index (χ4v) is 3.02. The van der Waals surface area contributed by atoms with E-state index in [0.29, 0.717) is 33.4 Å². The van der Waals surface area contributed by atoms with Crippen LogP contribution in [0.2, 0.25) is 5.02 Å². The molecule has 0 saturated heterocycles. The quantitative estimate of drug-likeness (QED) is 0.648. The van der Waals surface area contributed by atoms with Gasteiger partial charge in [-0.3, -0.25) is 9.56 Å². The largest absolute Gasteiger partial charge is 0.416 e. The van der Waals surface area contributed by atoms with Crippen LogP contribution in [0, 0.1) is 0 Å². The van der Waals surface area contributed by atoms with Crippen molar-refractivity contribution in [1.82, 2.24) is 14.8 Å². The Bertz CT molecular complexity index is 992. The highest BCUT2D eigenvalue weighted by atomic mass is 35.5. The van der Waals surface area contributed by atoms with Crippen molar-refractivity contribution in [3.8, 4) is 5.69 Å².